The van der Waals surface area contributed by atoms with Crippen LogP contribution in [0.25, 0.3) is 0 Å². The largest absolute Gasteiger partial charge is 0.295 e. The molecule has 1 rings (SSSR count). The second-order valence-electron chi connectivity index (χ2n) is 4.94. The Labute approximate surface area is 86.9 Å². The van der Waals surface area contributed by atoms with Gasteiger partial charge in [0.25, 0.3) is 0 Å². The molecule has 0 aliphatic heterocycles. The zero-order chi connectivity index (χ0) is 10.8. The minimum absolute atomic E-state index is 0.0747. The first-order chi connectivity index (χ1) is 6.46. The minimum Gasteiger partial charge on any atom is -0.295 e. The molecule has 1 aliphatic rings. The van der Waals surface area contributed by atoms with Crippen LogP contribution in [-0.4, -0.2) is 5.78 Å². The highest BCUT2D eigenvalue weighted by molar-refractivity contribution is 5.98. The molecular weight excluding hydrogens is 172 g/mol. The Balaban J connectivity index is 2.85. The number of rotatable bonds is 3. The Morgan fingerprint density at radius 2 is 2.21 bits per heavy atom. The van der Waals surface area contributed by atoms with E-state index in [0.29, 0.717) is 11.7 Å². The Hall–Kier alpha value is -0.850. The molecule has 0 aromatic carbocycles. The van der Waals surface area contributed by atoms with Gasteiger partial charge in [0.05, 0.1) is 0 Å². The molecule has 0 heterocycles. The lowest BCUT2D eigenvalue weighted by atomic mass is 9.85. The fraction of sp³-hybridized carbons (Fsp3) is 0.615. The lowest BCUT2D eigenvalue weighted by Gasteiger charge is -2.20. The maximum absolute atomic E-state index is 11.6. The fourth-order valence-corrected chi connectivity index (χ4v) is 2.00. The SMILES string of the molecule is C=CCC(C)(C)/C=C1/C(=O)CCC1C. The number of ketones is 1. The van der Waals surface area contributed by atoms with Crippen LogP contribution in [0.4, 0.5) is 0 Å². The van der Waals surface area contributed by atoms with E-state index >= 15 is 0 Å². The van der Waals surface area contributed by atoms with Crippen LogP contribution in [0.2, 0.25) is 0 Å². The molecule has 0 bridgehead atoms. The van der Waals surface area contributed by atoms with Gasteiger partial charge in [0, 0.05) is 6.42 Å². The van der Waals surface area contributed by atoms with E-state index in [4.69, 9.17) is 0 Å². The van der Waals surface area contributed by atoms with Crippen molar-refractivity contribution in [2.75, 3.05) is 0 Å². The molecule has 0 saturated heterocycles. The second kappa shape index (κ2) is 4.12. The van der Waals surface area contributed by atoms with E-state index in [1.807, 2.05) is 6.08 Å². The molecule has 1 heteroatoms. The number of carbonyl (C=O) groups excluding carboxylic acids is 1. The van der Waals surface area contributed by atoms with Crippen molar-refractivity contribution in [1.29, 1.82) is 0 Å². The monoisotopic (exact) mass is 192 g/mol. The topological polar surface area (TPSA) is 17.1 Å². The number of hydrogen-bond acceptors (Lipinski definition) is 1. The third-order valence-electron chi connectivity index (χ3n) is 2.87. The van der Waals surface area contributed by atoms with Crippen molar-refractivity contribution >= 4 is 5.78 Å². The van der Waals surface area contributed by atoms with Crippen LogP contribution in [0.5, 0.6) is 0 Å². The molecule has 0 aromatic heterocycles. The van der Waals surface area contributed by atoms with Crippen molar-refractivity contribution in [2.45, 2.75) is 40.0 Å². The summed E-state index contributed by atoms with van der Waals surface area (Å²) in [6.07, 6.45) is 6.75. The van der Waals surface area contributed by atoms with Gasteiger partial charge in [-0.1, -0.05) is 32.9 Å². The Kier molecular flexibility index (Phi) is 3.30. The van der Waals surface area contributed by atoms with Crippen LogP contribution in [0.1, 0.15) is 40.0 Å². The van der Waals surface area contributed by atoms with Gasteiger partial charge in [-0.3, -0.25) is 4.79 Å². The first-order valence-corrected chi connectivity index (χ1v) is 5.33. The van der Waals surface area contributed by atoms with Gasteiger partial charge in [-0.25, -0.2) is 0 Å². The first-order valence-electron chi connectivity index (χ1n) is 5.33. The van der Waals surface area contributed by atoms with E-state index in [1.165, 1.54) is 0 Å². The molecule has 1 fully saturated rings. The van der Waals surface area contributed by atoms with Crippen molar-refractivity contribution in [3.8, 4) is 0 Å². The maximum atomic E-state index is 11.6. The third kappa shape index (κ3) is 2.57. The number of carbonyl (C=O) groups is 1. The summed E-state index contributed by atoms with van der Waals surface area (Å²) in [5, 5.41) is 0. The highest BCUT2D eigenvalue weighted by Crippen LogP contribution is 2.33. The van der Waals surface area contributed by atoms with Crippen molar-refractivity contribution < 1.29 is 4.79 Å². The fourth-order valence-electron chi connectivity index (χ4n) is 2.00. The van der Waals surface area contributed by atoms with Crippen LogP contribution in [-0.2, 0) is 4.79 Å². The summed E-state index contributed by atoms with van der Waals surface area (Å²) >= 11 is 0. The molecular formula is C13H20O. The minimum atomic E-state index is 0.0747. The van der Waals surface area contributed by atoms with Crippen molar-refractivity contribution in [3.63, 3.8) is 0 Å². The molecule has 0 radical (unpaired) electrons. The summed E-state index contributed by atoms with van der Waals surface area (Å²) in [5.41, 5.74) is 1.11. The van der Waals surface area contributed by atoms with Crippen molar-refractivity contribution in [2.24, 2.45) is 11.3 Å². The van der Waals surface area contributed by atoms with E-state index in [-0.39, 0.29) is 5.41 Å². The van der Waals surface area contributed by atoms with E-state index in [2.05, 4.69) is 33.4 Å². The predicted octanol–water partition coefficient (Wildman–Crippen LogP) is 3.51. The smallest absolute Gasteiger partial charge is 0.158 e. The quantitative estimate of drug-likeness (QED) is 0.494. The average Bonchev–Trinajstić information content (AvgIpc) is 2.35. The molecule has 14 heavy (non-hydrogen) atoms. The normalized spacial score (nSPS) is 25.8. The second-order valence-corrected chi connectivity index (χ2v) is 4.94. The van der Waals surface area contributed by atoms with Crippen LogP contribution in [0.3, 0.4) is 0 Å². The van der Waals surface area contributed by atoms with Crippen molar-refractivity contribution in [3.05, 3.63) is 24.3 Å². The summed E-state index contributed by atoms with van der Waals surface area (Å²) in [7, 11) is 0. The lowest BCUT2D eigenvalue weighted by molar-refractivity contribution is -0.114. The molecule has 78 valence electrons. The highest BCUT2D eigenvalue weighted by atomic mass is 16.1. The van der Waals surface area contributed by atoms with Gasteiger partial charge in [-0.05, 0) is 29.7 Å². The summed E-state index contributed by atoms with van der Waals surface area (Å²) in [6.45, 7) is 10.2. The first kappa shape index (κ1) is 11.2. The third-order valence-corrected chi connectivity index (χ3v) is 2.87. The van der Waals surface area contributed by atoms with Gasteiger partial charge >= 0.3 is 0 Å². The molecule has 0 amide bonds. The van der Waals surface area contributed by atoms with Gasteiger partial charge in [-0.2, -0.15) is 0 Å². The molecule has 1 saturated carbocycles. The van der Waals surface area contributed by atoms with Crippen LogP contribution in [0, 0.1) is 11.3 Å². The van der Waals surface area contributed by atoms with E-state index < -0.39 is 0 Å². The number of hydrogen-bond donors (Lipinski definition) is 0. The lowest BCUT2D eigenvalue weighted by Crippen LogP contribution is -2.10. The summed E-state index contributed by atoms with van der Waals surface area (Å²) < 4.78 is 0. The van der Waals surface area contributed by atoms with Crippen LogP contribution < -0.4 is 0 Å². The van der Waals surface area contributed by atoms with Crippen LogP contribution >= 0.6 is 0 Å². The highest BCUT2D eigenvalue weighted by Gasteiger charge is 2.27. The van der Waals surface area contributed by atoms with E-state index in [1.54, 1.807) is 0 Å². The van der Waals surface area contributed by atoms with Gasteiger partial charge < -0.3 is 0 Å². The van der Waals surface area contributed by atoms with Gasteiger partial charge in [0.2, 0.25) is 0 Å². The van der Waals surface area contributed by atoms with Crippen LogP contribution in [0.15, 0.2) is 24.3 Å². The Morgan fingerprint density at radius 3 is 2.64 bits per heavy atom. The van der Waals surface area contributed by atoms with Gasteiger partial charge in [-0.15, -0.1) is 6.58 Å². The molecule has 1 aliphatic carbocycles. The van der Waals surface area contributed by atoms with Gasteiger partial charge in [0.1, 0.15) is 0 Å². The molecule has 0 spiro atoms. The average molecular weight is 192 g/mol. The molecule has 0 aromatic rings. The maximum Gasteiger partial charge on any atom is 0.158 e. The standard InChI is InChI=1S/C13H20O/c1-5-8-13(3,4)9-11-10(2)6-7-12(11)14/h5,9-10H,1,6-8H2,2-4H3/b11-9+. The number of Topliss-reactive ketones (excluding diaryl/α,β-unsaturated/α-hetero) is 1. The Morgan fingerprint density at radius 1 is 1.57 bits per heavy atom. The van der Waals surface area contributed by atoms with E-state index in [9.17, 15) is 4.79 Å². The molecule has 1 atom stereocenters. The molecule has 1 nitrogen and oxygen atoms in total. The van der Waals surface area contributed by atoms with Gasteiger partial charge in [0.15, 0.2) is 5.78 Å². The van der Waals surface area contributed by atoms with Crippen molar-refractivity contribution in [1.82, 2.24) is 0 Å². The van der Waals surface area contributed by atoms with E-state index in [0.717, 1.165) is 24.8 Å². The summed E-state index contributed by atoms with van der Waals surface area (Å²) in [5.74, 6) is 0.793. The molecule has 1 unspecified atom stereocenters. The Bertz CT molecular complexity index is 271. The predicted molar refractivity (Wildman–Crippen MR) is 60.1 cm³/mol. The summed E-state index contributed by atoms with van der Waals surface area (Å²) in [6, 6.07) is 0. The number of allylic oxidation sites excluding steroid dienone is 3. The molecule has 0 N–H and O–H groups in total. The zero-order valence-electron chi connectivity index (χ0n) is 9.47. The zero-order valence-corrected chi connectivity index (χ0v) is 9.47. The summed E-state index contributed by atoms with van der Waals surface area (Å²) in [4.78, 5) is 11.6.